The summed E-state index contributed by atoms with van der Waals surface area (Å²) < 4.78 is 52.8. The summed E-state index contributed by atoms with van der Waals surface area (Å²) in [5.74, 6) is -1.65. The predicted molar refractivity (Wildman–Crippen MR) is 78.5 cm³/mol. The van der Waals surface area contributed by atoms with Gasteiger partial charge in [0.1, 0.15) is 11.9 Å². The minimum Gasteiger partial charge on any atom is -0.352 e. The van der Waals surface area contributed by atoms with E-state index in [4.69, 9.17) is 0 Å². The van der Waals surface area contributed by atoms with E-state index in [0.29, 0.717) is 5.56 Å². The standard InChI is InChI=1S/C16H18F4N2O2/c1-10(23)21-13-5-6-14(16(18,19)20)22(9-13)15(24)8-11-3-2-4-12(17)7-11/h2-4,7,13-14H,5-6,8-9H2,1H3,(H,21,23). The van der Waals surface area contributed by atoms with Crippen LogP contribution in [0, 0.1) is 5.82 Å². The number of halogens is 4. The fourth-order valence-corrected chi connectivity index (χ4v) is 2.92. The Morgan fingerprint density at radius 3 is 2.58 bits per heavy atom. The Labute approximate surface area is 136 Å². The normalized spacial score (nSPS) is 21.5. The maximum Gasteiger partial charge on any atom is 0.408 e. The number of likely N-dealkylation sites (tertiary alicyclic amines) is 1. The van der Waals surface area contributed by atoms with Crippen molar-refractivity contribution in [1.29, 1.82) is 0 Å². The van der Waals surface area contributed by atoms with E-state index in [2.05, 4.69) is 5.32 Å². The van der Waals surface area contributed by atoms with Crippen molar-refractivity contribution in [2.75, 3.05) is 6.54 Å². The maximum atomic E-state index is 13.2. The first-order valence-electron chi connectivity index (χ1n) is 7.54. The van der Waals surface area contributed by atoms with Gasteiger partial charge in [-0.25, -0.2) is 4.39 Å². The largest absolute Gasteiger partial charge is 0.408 e. The van der Waals surface area contributed by atoms with Crippen LogP contribution in [0.1, 0.15) is 25.3 Å². The van der Waals surface area contributed by atoms with Crippen LogP contribution in [0.4, 0.5) is 17.6 Å². The maximum absolute atomic E-state index is 13.2. The molecule has 0 spiro atoms. The number of carbonyl (C=O) groups is 2. The molecule has 0 bridgehead atoms. The lowest BCUT2D eigenvalue weighted by Gasteiger charge is -2.40. The fourth-order valence-electron chi connectivity index (χ4n) is 2.92. The third-order valence-corrected chi connectivity index (χ3v) is 3.93. The van der Waals surface area contributed by atoms with Crippen molar-refractivity contribution in [2.45, 2.75) is 44.4 Å². The second kappa shape index (κ2) is 7.19. The Bertz CT molecular complexity index is 618. The molecule has 1 aromatic carbocycles. The van der Waals surface area contributed by atoms with Gasteiger partial charge >= 0.3 is 6.18 Å². The number of rotatable bonds is 3. The first kappa shape index (κ1) is 18.2. The van der Waals surface area contributed by atoms with Gasteiger partial charge in [-0.05, 0) is 30.5 Å². The van der Waals surface area contributed by atoms with Crippen LogP contribution in [0.5, 0.6) is 0 Å². The number of benzene rings is 1. The van der Waals surface area contributed by atoms with Crippen LogP contribution in [0.3, 0.4) is 0 Å². The second-order valence-electron chi connectivity index (χ2n) is 5.89. The van der Waals surface area contributed by atoms with Crippen molar-refractivity contribution in [1.82, 2.24) is 10.2 Å². The van der Waals surface area contributed by atoms with Gasteiger partial charge in [0.25, 0.3) is 0 Å². The zero-order chi connectivity index (χ0) is 17.9. The third-order valence-electron chi connectivity index (χ3n) is 3.93. The van der Waals surface area contributed by atoms with E-state index in [1.807, 2.05) is 0 Å². The molecule has 1 fully saturated rings. The van der Waals surface area contributed by atoms with Crippen LogP contribution in [-0.2, 0) is 16.0 Å². The SMILES string of the molecule is CC(=O)NC1CCC(C(F)(F)F)N(C(=O)Cc2cccc(F)c2)C1. The zero-order valence-electron chi connectivity index (χ0n) is 13.1. The lowest BCUT2D eigenvalue weighted by molar-refractivity contribution is -0.197. The highest BCUT2D eigenvalue weighted by Gasteiger charge is 2.47. The summed E-state index contributed by atoms with van der Waals surface area (Å²) in [7, 11) is 0. The van der Waals surface area contributed by atoms with Crippen molar-refractivity contribution in [3.8, 4) is 0 Å². The molecule has 4 nitrogen and oxygen atoms in total. The molecule has 0 aliphatic carbocycles. The molecule has 1 aromatic rings. The van der Waals surface area contributed by atoms with Crippen LogP contribution in [0.25, 0.3) is 0 Å². The van der Waals surface area contributed by atoms with Crippen molar-refractivity contribution >= 4 is 11.8 Å². The monoisotopic (exact) mass is 346 g/mol. The minimum atomic E-state index is -4.54. The first-order valence-corrected chi connectivity index (χ1v) is 7.54. The average molecular weight is 346 g/mol. The van der Waals surface area contributed by atoms with E-state index in [1.165, 1.54) is 25.1 Å². The molecule has 8 heteroatoms. The van der Waals surface area contributed by atoms with E-state index in [0.717, 1.165) is 11.0 Å². The van der Waals surface area contributed by atoms with Gasteiger partial charge in [-0.15, -0.1) is 0 Å². The predicted octanol–water partition coefficient (Wildman–Crippen LogP) is 2.43. The topological polar surface area (TPSA) is 49.4 Å². The van der Waals surface area contributed by atoms with Crippen molar-refractivity contribution < 1.29 is 27.2 Å². The molecular formula is C16H18F4N2O2. The molecule has 2 atom stereocenters. The molecule has 0 aromatic heterocycles. The Hall–Kier alpha value is -2.12. The summed E-state index contributed by atoms with van der Waals surface area (Å²) >= 11 is 0. The zero-order valence-corrected chi connectivity index (χ0v) is 13.1. The molecule has 2 unspecified atom stereocenters. The van der Waals surface area contributed by atoms with Crippen molar-refractivity contribution in [2.24, 2.45) is 0 Å². The van der Waals surface area contributed by atoms with Crippen LogP contribution in [0.2, 0.25) is 0 Å². The van der Waals surface area contributed by atoms with Gasteiger partial charge in [0, 0.05) is 19.5 Å². The molecule has 2 rings (SSSR count). The van der Waals surface area contributed by atoms with Crippen LogP contribution >= 0.6 is 0 Å². The number of alkyl halides is 3. The highest BCUT2D eigenvalue weighted by atomic mass is 19.4. The number of nitrogens with zero attached hydrogens (tertiary/aromatic N) is 1. The van der Waals surface area contributed by atoms with Crippen LogP contribution < -0.4 is 5.32 Å². The number of amides is 2. The number of nitrogens with one attached hydrogen (secondary N) is 1. The average Bonchev–Trinajstić information content (AvgIpc) is 2.45. The summed E-state index contributed by atoms with van der Waals surface area (Å²) in [4.78, 5) is 24.2. The summed E-state index contributed by atoms with van der Waals surface area (Å²) in [5.41, 5.74) is 0.308. The molecule has 132 valence electrons. The van der Waals surface area contributed by atoms with E-state index >= 15 is 0 Å². The highest BCUT2D eigenvalue weighted by Crippen LogP contribution is 2.32. The molecule has 0 saturated carbocycles. The van der Waals surface area contributed by atoms with Gasteiger partial charge in [0.2, 0.25) is 11.8 Å². The minimum absolute atomic E-state index is 0.146. The van der Waals surface area contributed by atoms with E-state index in [-0.39, 0.29) is 31.7 Å². The van der Waals surface area contributed by atoms with E-state index in [9.17, 15) is 27.2 Å². The Morgan fingerprint density at radius 2 is 2.00 bits per heavy atom. The summed E-state index contributed by atoms with van der Waals surface area (Å²) in [6.07, 6.45) is -4.99. The lowest BCUT2D eigenvalue weighted by atomic mass is 9.96. The number of hydrogen-bond donors (Lipinski definition) is 1. The Kier molecular flexibility index (Phi) is 5.46. The molecule has 2 amide bonds. The number of piperidine rings is 1. The van der Waals surface area contributed by atoms with Gasteiger partial charge in [0.15, 0.2) is 0 Å². The number of carbonyl (C=O) groups excluding carboxylic acids is 2. The quantitative estimate of drug-likeness (QED) is 0.855. The van der Waals surface area contributed by atoms with Gasteiger partial charge in [-0.2, -0.15) is 13.2 Å². The van der Waals surface area contributed by atoms with E-state index < -0.39 is 30.0 Å². The lowest BCUT2D eigenvalue weighted by Crippen LogP contribution is -2.58. The Balaban J connectivity index is 2.16. The van der Waals surface area contributed by atoms with Gasteiger partial charge in [-0.3, -0.25) is 9.59 Å². The Morgan fingerprint density at radius 1 is 1.29 bits per heavy atom. The molecule has 1 saturated heterocycles. The van der Waals surface area contributed by atoms with E-state index in [1.54, 1.807) is 0 Å². The summed E-state index contributed by atoms with van der Waals surface area (Å²) in [6, 6.07) is 2.80. The van der Waals surface area contributed by atoms with Gasteiger partial charge < -0.3 is 10.2 Å². The first-order chi connectivity index (χ1) is 11.2. The second-order valence-corrected chi connectivity index (χ2v) is 5.89. The van der Waals surface area contributed by atoms with Crippen LogP contribution in [0.15, 0.2) is 24.3 Å². The smallest absolute Gasteiger partial charge is 0.352 e. The van der Waals surface area contributed by atoms with Crippen LogP contribution in [-0.4, -0.2) is 41.5 Å². The van der Waals surface area contributed by atoms with Gasteiger partial charge in [-0.1, -0.05) is 12.1 Å². The highest BCUT2D eigenvalue weighted by molar-refractivity contribution is 5.79. The summed E-state index contributed by atoms with van der Waals surface area (Å²) in [5, 5.41) is 2.55. The molecule has 1 N–H and O–H groups in total. The van der Waals surface area contributed by atoms with Crippen molar-refractivity contribution in [3.63, 3.8) is 0 Å². The fraction of sp³-hybridized carbons (Fsp3) is 0.500. The third kappa shape index (κ3) is 4.69. The van der Waals surface area contributed by atoms with Crippen molar-refractivity contribution in [3.05, 3.63) is 35.6 Å². The molecular weight excluding hydrogens is 328 g/mol. The number of hydrogen-bond acceptors (Lipinski definition) is 2. The molecule has 1 aliphatic heterocycles. The molecule has 24 heavy (non-hydrogen) atoms. The summed E-state index contributed by atoms with van der Waals surface area (Å²) in [6.45, 7) is 1.06. The molecule has 1 heterocycles. The molecule has 1 aliphatic rings. The van der Waals surface area contributed by atoms with Gasteiger partial charge in [0.05, 0.1) is 6.42 Å². The molecule has 0 radical (unpaired) electrons.